The fourth-order valence-electron chi connectivity index (χ4n) is 4.47. The number of nitrogens with zero attached hydrogens (tertiary/aromatic N) is 2. The van der Waals surface area contributed by atoms with Gasteiger partial charge in [0.1, 0.15) is 0 Å². The molecular weight excluding hydrogens is 372 g/mol. The van der Waals surface area contributed by atoms with Crippen molar-refractivity contribution in [2.45, 2.75) is 38.5 Å². The minimum Gasteiger partial charge on any atom is -0.370 e. The van der Waals surface area contributed by atoms with Crippen LogP contribution in [0.15, 0.2) is 65.7 Å². The predicted molar refractivity (Wildman–Crippen MR) is 123 cm³/mol. The molecule has 0 bridgehead atoms. The summed E-state index contributed by atoms with van der Waals surface area (Å²) in [5.74, 6) is 1.59. The zero-order valence-electron chi connectivity index (χ0n) is 17.9. The van der Waals surface area contributed by atoms with Crippen molar-refractivity contribution in [3.8, 4) is 0 Å². The van der Waals surface area contributed by atoms with E-state index in [4.69, 9.17) is 11.5 Å². The number of nitrogens with two attached hydrogens (primary N) is 2. The third-order valence-corrected chi connectivity index (χ3v) is 6.23. The number of carbonyl (C=O) groups excluding carboxylic acids is 1. The SMILES string of the molecule is CC(=O)N(CC1CCC(CN=C(N)N)CC1)CC(c1ccccc1)c1ccccc1. The number of benzene rings is 2. The number of carbonyl (C=O) groups is 1. The van der Waals surface area contributed by atoms with Crippen LogP contribution in [0.4, 0.5) is 0 Å². The Morgan fingerprint density at radius 3 is 1.90 bits per heavy atom. The van der Waals surface area contributed by atoms with E-state index in [0.29, 0.717) is 18.4 Å². The highest BCUT2D eigenvalue weighted by Crippen LogP contribution is 2.31. The standard InChI is InChI=1S/C25H34N4O/c1-19(30)29(17-21-14-12-20(13-15-21)16-28-25(26)27)18-24(22-8-4-2-5-9-22)23-10-6-3-7-11-23/h2-11,20-21,24H,12-18H2,1H3,(H4,26,27,28). The van der Waals surface area contributed by atoms with E-state index in [1.807, 2.05) is 17.0 Å². The fraction of sp³-hybridized carbons (Fsp3) is 0.440. The van der Waals surface area contributed by atoms with Crippen LogP contribution in [0, 0.1) is 11.8 Å². The van der Waals surface area contributed by atoms with Gasteiger partial charge in [-0.25, -0.2) is 0 Å². The molecule has 5 heteroatoms. The van der Waals surface area contributed by atoms with Gasteiger partial charge in [-0.2, -0.15) is 0 Å². The quantitative estimate of drug-likeness (QED) is 0.517. The molecular formula is C25H34N4O. The van der Waals surface area contributed by atoms with Gasteiger partial charge in [-0.1, -0.05) is 60.7 Å². The number of amides is 1. The minimum absolute atomic E-state index is 0.148. The van der Waals surface area contributed by atoms with E-state index < -0.39 is 0 Å². The second kappa shape index (κ2) is 10.8. The molecule has 2 aromatic carbocycles. The minimum atomic E-state index is 0.148. The third-order valence-electron chi connectivity index (χ3n) is 6.23. The van der Waals surface area contributed by atoms with Gasteiger partial charge in [0.05, 0.1) is 0 Å². The molecule has 1 saturated carbocycles. The van der Waals surface area contributed by atoms with Crippen molar-refractivity contribution in [3.63, 3.8) is 0 Å². The number of hydrogen-bond acceptors (Lipinski definition) is 2. The number of hydrogen-bond donors (Lipinski definition) is 2. The van der Waals surface area contributed by atoms with Crippen LogP contribution >= 0.6 is 0 Å². The second-order valence-electron chi connectivity index (χ2n) is 8.45. The van der Waals surface area contributed by atoms with Crippen LogP contribution in [0.2, 0.25) is 0 Å². The smallest absolute Gasteiger partial charge is 0.219 e. The molecule has 3 rings (SSSR count). The van der Waals surface area contributed by atoms with Gasteiger partial charge < -0.3 is 16.4 Å². The largest absolute Gasteiger partial charge is 0.370 e. The average molecular weight is 407 g/mol. The van der Waals surface area contributed by atoms with Gasteiger partial charge in [-0.15, -0.1) is 0 Å². The Balaban J connectivity index is 1.67. The third kappa shape index (κ3) is 6.34. The summed E-state index contributed by atoms with van der Waals surface area (Å²) in [6.07, 6.45) is 4.48. The average Bonchev–Trinajstić information content (AvgIpc) is 2.77. The molecule has 0 saturated heterocycles. The lowest BCUT2D eigenvalue weighted by Gasteiger charge is -2.34. The summed E-state index contributed by atoms with van der Waals surface area (Å²) in [7, 11) is 0. The Labute approximate surface area is 180 Å². The first-order valence-electron chi connectivity index (χ1n) is 10.9. The van der Waals surface area contributed by atoms with Crippen molar-refractivity contribution in [2.75, 3.05) is 19.6 Å². The van der Waals surface area contributed by atoms with Crippen molar-refractivity contribution >= 4 is 11.9 Å². The molecule has 5 nitrogen and oxygen atoms in total. The van der Waals surface area contributed by atoms with E-state index in [0.717, 1.165) is 38.8 Å². The maximum absolute atomic E-state index is 12.5. The zero-order valence-corrected chi connectivity index (χ0v) is 17.9. The van der Waals surface area contributed by atoms with Crippen LogP contribution in [0.25, 0.3) is 0 Å². The van der Waals surface area contributed by atoms with E-state index >= 15 is 0 Å². The monoisotopic (exact) mass is 406 g/mol. The Morgan fingerprint density at radius 1 is 0.933 bits per heavy atom. The normalized spacial score (nSPS) is 18.7. The molecule has 0 radical (unpaired) electrons. The van der Waals surface area contributed by atoms with Crippen molar-refractivity contribution in [3.05, 3.63) is 71.8 Å². The predicted octanol–water partition coefficient (Wildman–Crippen LogP) is 3.75. The van der Waals surface area contributed by atoms with Crippen molar-refractivity contribution in [1.82, 2.24) is 4.90 Å². The van der Waals surface area contributed by atoms with E-state index in [-0.39, 0.29) is 17.8 Å². The molecule has 1 fully saturated rings. The van der Waals surface area contributed by atoms with Gasteiger partial charge >= 0.3 is 0 Å². The summed E-state index contributed by atoms with van der Waals surface area (Å²) in [6.45, 7) is 3.94. The lowest BCUT2D eigenvalue weighted by Crippen LogP contribution is -2.38. The number of guanidine groups is 1. The van der Waals surface area contributed by atoms with E-state index in [2.05, 4.69) is 53.5 Å². The Morgan fingerprint density at radius 2 is 1.43 bits per heavy atom. The molecule has 2 aromatic rings. The van der Waals surface area contributed by atoms with Crippen LogP contribution < -0.4 is 11.5 Å². The van der Waals surface area contributed by atoms with Crippen LogP contribution in [-0.2, 0) is 4.79 Å². The molecule has 1 amide bonds. The molecule has 0 unspecified atom stereocenters. The zero-order chi connectivity index (χ0) is 21.3. The molecule has 0 heterocycles. The summed E-state index contributed by atoms with van der Waals surface area (Å²) in [6, 6.07) is 21.0. The van der Waals surface area contributed by atoms with E-state index in [9.17, 15) is 4.79 Å². The molecule has 4 N–H and O–H groups in total. The Hall–Kier alpha value is -2.82. The highest BCUT2D eigenvalue weighted by atomic mass is 16.2. The molecule has 0 aromatic heterocycles. The van der Waals surface area contributed by atoms with Crippen molar-refractivity contribution < 1.29 is 4.79 Å². The molecule has 0 aliphatic heterocycles. The van der Waals surface area contributed by atoms with Crippen molar-refractivity contribution in [1.29, 1.82) is 0 Å². The first kappa shape index (κ1) is 21.9. The fourth-order valence-corrected chi connectivity index (χ4v) is 4.47. The molecule has 0 spiro atoms. The number of rotatable bonds is 8. The van der Waals surface area contributed by atoms with E-state index in [1.165, 1.54) is 11.1 Å². The molecule has 1 aliphatic rings. The van der Waals surface area contributed by atoms with Crippen LogP contribution in [-0.4, -0.2) is 36.4 Å². The lowest BCUT2D eigenvalue weighted by atomic mass is 9.81. The molecule has 0 atom stereocenters. The Kier molecular flexibility index (Phi) is 7.89. The van der Waals surface area contributed by atoms with Crippen LogP contribution in [0.1, 0.15) is 49.7 Å². The summed E-state index contributed by atoms with van der Waals surface area (Å²) >= 11 is 0. The van der Waals surface area contributed by atoms with Crippen LogP contribution in [0.5, 0.6) is 0 Å². The van der Waals surface area contributed by atoms with Crippen molar-refractivity contribution in [2.24, 2.45) is 28.3 Å². The highest BCUT2D eigenvalue weighted by molar-refractivity contribution is 5.75. The number of aliphatic imine (C=N–C) groups is 1. The maximum atomic E-state index is 12.5. The van der Waals surface area contributed by atoms with Gasteiger partial charge in [-0.05, 0) is 48.6 Å². The summed E-state index contributed by atoms with van der Waals surface area (Å²) in [5.41, 5.74) is 13.4. The van der Waals surface area contributed by atoms with Gasteiger partial charge in [0.25, 0.3) is 0 Å². The summed E-state index contributed by atoms with van der Waals surface area (Å²) < 4.78 is 0. The summed E-state index contributed by atoms with van der Waals surface area (Å²) in [5, 5.41) is 0. The first-order chi connectivity index (χ1) is 14.5. The Bertz CT molecular complexity index is 770. The first-order valence-corrected chi connectivity index (χ1v) is 10.9. The van der Waals surface area contributed by atoms with Gasteiger partial charge in [0, 0.05) is 32.5 Å². The second-order valence-corrected chi connectivity index (χ2v) is 8.45. The highest BCUT2D eigenvalue weighted by Gasteiger charge is 2.26. The topological polar surface area (TPSA) is 84.7 Å². The van der Waals surface area contributed by atoms with Gasteiger partial charge in [-0.3, -0.25) is 9.79 Å². The summed E-state index contributed by atoms with van der Waals surface area (Å²) in [4.78, 5) is 18.8. The lowest BCUT2D eigenvalue weighted by molar-refractivity contribution is -0.129. The van der Waals surface area contributed by atoms with Gasteiger partial charge in [0.2, 0.25) is 5.91 Å². The van der Waals surface area contributed by atoms with Crippen LogP contribution in [0.3, 0.4) is 0 Å². The maximum Gasteiger partial charge on any atom is 0.219 e. The van der Waals surface area contributed by atoms with E-state index in [1.54, 1.807) is 6.92 Å². The molecule has 160 valence electrons. The molecule has 30 heavy (non-hydrogen) atoms. The van der Waals surface area contributed by atoms with Gasteiger partial charge in [0.15, 0.2) is 5.96 Å². The molecule has 1 aliphatic carbocycles.